The van der Waals surface area contributed by atoms with Crippen molar-refractivity contribution in [3.05, 3.63) is 35.9 Å². The van der Waals surface area contributed by atoms with E-state index in [9.17, 15) is 14.4 Å². The summed E-state index contributed by atoms with van der Waals surface area (Å²) in [6.45, 7) is 20.6. The summed E-state index contributed by atoms with van der Waals surface area (Å²) in [5.41, 5.74) is 0.296. The number of hydrogen-bond acceptors (Lipinski definition) is 5. The molecule has 0 aliphatic heterocycles. The average Bonchev–Trinajstić information content (AvgIpc) is 2.70. The lowest BCUT2D eigenvalue weighted by molar-refractivity contribution is -0.144. The maximum absolute atomic E-state index is 12.8. The number of esters is 1. The first-order valence-electron chi connectivity index (χ1n) is 12.4. The average molecular weight is 518 g/mol. The highest BCUT2D eigenvalue weighted by Crippen LogP contribution is 2.41. The zero-order chi connectivity index (χ0) is 27.9. The van der Waals surface area contributed by atoms with E-state index >= 15 is 0 Å². The monoisotopic (exact) mass is 517 g/mol. The van der Waals surface area contributed by atoms with Crippen LogP contribution in [0.2, 0.25) is 10.1 Å². The molecule has 0 saturated carbocycles. The predicted molar refractivity (Wildman–Crippen MR) is 148 cm³/mol. The molecule has 0 saturated heterocycles. The summed E-state index contributed by atoms with van der Waals surface area (Å²) in [5.74, 6) is -1.07. The molecular formula is C28H45N2O5Si. The lowest BCUT2D eigenvalue weighted by Crippen LogP contribution is -2.51. The molecule has 2 atom stereocenters. The predicted octanol–water partition coefficient (Wildman–Crippen LogP) is 4.96. The van der Waals surface area contributed by atoms with Crippen LogP contribution in [0.3, 0.4) is 0 Å². The van der Waals surface area contributed by atoms with E-state index in [1.165, 1.54) is 19.2 Å². The minimum absolute atomic E-state index is 0.218. The number of carbonyl (C=O) groups is 3. The number of methoxy groups -OCH3 is 1. The van der Waals surface area contributed by atoms with Crippen LogP contribution in [0, 0.1) is 0 Å². The fourth-order valence-electron chi connectivity index (χ4n) is 4.32. The first-order chi connectivity index (χ1) is 16.3. The Labute approximate surface area is 219 Å². The Morgan fingerprint density at radius 2 is 1.44 bits per heavy atom. The molecule has 0 spiro atoms. The van der Waals surface area contributed by atoms with E-state index in [2.05, 4.69) is 81.2 Å². The van der Waals surface area contributed by atoms with Gasteiger partial charge in [-0.05, 0) is 49.8 Å². The lowest BCUT2D eigenvalue weighted by atomic mass is 10.1. The SMILES string of the molecule is COC(=O)[C@H](C)NC(=O)[C@H](C/C=C/c1ccc([Si](C(C)(C)C)C(C)(C)C)cc1)NC(=O)OC(C)(C)C. The maximum Gasteiger partial charge on any atom is 0.408 e. The summed E-state index contributed by atoms with van der Waals surface area (Å²) in [6.07, 6.45) is 3.27. The van der Waals surface area contributed by atoms with E-state index in [4.69, 9.17) is 4.74 Å². The summed E-state index contributed by atoms with van der Waals surface area (Å²) in [7, 11) is 0.413. The van der Waals surface area contributed by atoms with Gasteiger partial charge in [-0.25, -0.2) is 9.59 Å². The minimum Gasteiger partial charge on any atom is -0.467 e. The van der Waals surface area contributed by atoms with E-state index in [0.717, 1.165) is 5.56 Å². The number of rotatable bonds is 8. The van der Waals surface area contributed by atoms with Gasteiger partial charge in [0, 0.05) is 0 Å². The summed E-state index contributed by atoms with van der Waals surface area (Å²) in [5, 5.41) is 7.01. The summed E-state index contributed by atoms with van der Waals surface area (Å²) in [6, 6.07) is 6.81. The summed E-state index contributed by atoms with van der Waals surface area (Å²) in [4.78, 5) is 36.8. The van der Waals surface area contributed by atoms with Crippen LogP contribution in [0.4, 0.5) is 4.79 Å². The van der Waals surface area contributed by atoms with E-state index in [-0.39, 0.29) is 16.5 Å². The fourth-order valence-corrected chi connectivity index (χ4v) is 8.81. The highest BCUT2D eigenvalue weighted by molar-refractivity contribution is 6.78. The standard InChI is InChI=1S/C28H45N2O5Si/c1-19(24(32)34-11)29-23(31)22(30-25(33)35-26(2,3)4)14-12-13-20-15-17-21(18-16-20)36(27(5,6)7)28(8,9)10/h12-13,15-19,22H,14H2,1-11H3,(H,29,31)(H,30,33)/b13-12+/t19-,22-/m0/s1. The highest BCUT2D eigenvalue weighted by Gasteiger charge is 2.38. The molecule has 0 unspecified atom stereocenters. The second-order valence-corrected chi connectivity index (χ2v) is 16.4. The Balaban J connectivity index is 3.03. The molecule has 0 fully saturated rings. The molecule has 0 bridgehead atoms. The van der Waals surface area contributed by atoms with Crippen molar-refractivity contribution in [3.63, 3.8) is 0 Å². The first-order valence-corrected chi connectivity index (χ1v) is 13.9. The fraction of sp³-hybridized carbons (Fsp3) is 0.607. The van der Waals surface area contributed by atoms with Crippen molar-refractivity contribution in [2.75, 3.05) is 7.11 Å². The van der Waals surface area contributed by atoms with Crippen LogP contribution < -0.4 is 15.8 Å². The van der Waals surface area contributed by atoms with E-state index < -0.39 is 44.5 Å². The van der Waals surface area contributed by atoms with Crippen LogP contribution in [0.15, 0.2) is 30.3 Å². The van der Waals surface area contributed by atoms with E-state index in [1.54, 1.807) is 20.8 Å². The molecule has 2 N–H and O–H groups in total. The third-order valence-corrected chi connectivity index (χ3v) is 9.21. The number of carbonyl (C=O) groups excluding carboxylic acids is 3. The molecule has 8 heteroatoms. The van der Waals surface area contributed by atoms with Gasteiger partial charge in [-0.3, -0.25) is 4.79 Å². The molecule has 0 aliphatic rings. The van der Waals surface area contributed by atoms with Crippen LogP contribution in [0.25, 0.3) is 6.08 Å². The van der Waals surface area contributed by atoms with Gasteiger partial charge in [-0.1, -0.05) is 83.1 Å². The van der Waals surface area contributed by atoms with Crippen LogP contribution in [0.1, 0.15) is 81.2 Å². The van der Waals surface area contributed by atoms with Gasteiger partial charge in [-0.15, -0.1) is 0 Å². The zero-order valence-electron chi connectivity index (χ0n) is 23.9. The third kappa shape index (κ3) is 10.6. The Bertz CT molecular complexity index is 907. The van der Waals surface area contributed by atoms with Crippen molar-refractivity contribution < 1.29 is 23.9 Å². The number of nitrogens with one attached hydrogen (secondary N) is 2. The molecule has 1 radical (unpaired) electrons. The quantitative estimate of drug-likeness (QED) is 0.375. The van der Waals surface area contributed by atoms with E-state index in [0.29, 0.717) is 0 Å². The minimum atomic E-state index is -0.918. The van der Waals surface area contributed by atoms with Gasteiger partial charge in [-0.2, -0.15) is 0 Å². The molecule has 7 nitrogen and oxygen atoms in total. The molecule has 1 aromatic carbocycles. The van der Waals surface area contributed by atoms with Gasteiger partial charge in [0.2, 0.25) is 5.91 Å². The van der Waals surface area contributed by atoms with Gasteiger partial charge in [0.25, 0.3) is 0 Å². The van der Waals surface area contributed by atoms with Gasteiger partial charge < -0.3 is 20.1 Å². The van der Waals surface area contributed by atoms with Crippen LogP contribution in [-0.4, -0.2) is 51.6 Å². The Hall–Kier alpha value is -2.61. The Morgan fingerprint density at radius 3 is 1.89 bits per heavy atom. The molecule has 0 heterocycles. The second-order valence-electron chi connectivity index (χ2n) is 12.1. The van der Waals surface area contributed by atoms with Gasteiger partial charge in [0.05, 0.1) is 15.9 Å². The number of benzene rings is 1. The number of amides is 2. The Morgan fingerprint density at radius 1 is 0.917 bits per heavy atom. The lowest BCUT2D eigenvalue weighted by Gasteiger charge is -2.39. The smallest absolute Gasteiger partial charge is 0.408 e. The van der Waals surface area contributed by atoms with Crippen molar-refractivity contribution in [1.29, 1.82) is 0 Å². The number of ether oxygens (including phenoxy) is 2. The molecule has 201 valence electrons. The Kier molecular flexibility index (Phi) is 11.0. The molecule has 36 heavy (non-hydrogen) atoms. The molecule has 0 aliphatic carbocycles. The van der Waals surface area contributed by atoms with Crippen molar-refractivity contribution in [1.82, 2.24) is 10.6 Å². The third-order valence-electron chi connectivity index (χ3n) is 5.30. The topological polar surface area (TPSA) is 93.7 Å². The molecular weight excluding hydrogens is 472 g/mol. The molecule has 0 aromatic heterocycles. The molecule has 1 rings (SSSR count). The zero-order valence-corrected chi connectivity index (χ0v) is 24.9. The van der Waals surface area contributed by atoms with Crippen LogP contribution in [0.5, 0.6) is 0 Å². The maximum atomic E-state index is 12.8. The van der Waals surface area contributed by atoms with Gasteiger partial charge in [0.15, 0.2) is 0 Å². The number of hydrogen-bond donors (Lipinski definition) is 2. The summed E-state index contributed by atoms with van der Waals surface area (Å²) < 4.78 is 9.97. The van der Waals surface area contributed by atoms with Gasteiger partial charge in [0.1, 0.15) is 17.7 Å². The van der Waals surface area contributed by atoms with Crippen LogP contribution in [-0.2, 0) is 19.1 Å². The molecule has 1 aromatic rings. The normalized spacial score (nSPS) is 14.3. The number of alkyl carbamates (subject to hydrolysis) is 1. The molecule has 2 amide bonds. The van der Waals surface area contributed by atoms with Crippen molar-refractivity contribution in [2.24, 2.45) is 0 Å². The summed E-state index contributed by atoms with van der Waals surface area (Å²) >= 11 is 0. The van der Waals surface area contributed by atoms with Crippen molar-refractivity contribution in [3.8, 4) is 0 Å². The van der Waals surface area contributed by atoms with E-state index in [1.807, 2.05) is 12.2 Å². The highest BCUT2D eigenvalue weighted by atomic mass is 28.3. The first kappa shape index (κ1) is 31.4. The second kappa shape index (κ2) is 12.6. The van der Waals surface area contributed by atoms with Gasteiger partial charge >= 0.3 is 12.1 Å². The van der Waals surface area contributed by atoms with Crippen molar-refractivity contribution in [2.45, 2.75) is 103 Å². The largest absolute Gasteiger partial charge is 0.467 e. The van der Waals surface area contributed by atoms with Crippen molar-refractivity contribution >= 4 is 38.0 Å². The van der Waals surface area contributed by atoms with Crippen LogP contribution >= 0.6 is 0 Å².